The monoisotopic (exact) mass is 141 g/mol. The van der Waals surface area contributed by atoms with E-state index in [0.29, 0.717) is 5.76 Å². The maximum atomic E-state index is 10.7. The number of carbonyl (C=O) groups excluding carboxylic acids is 1. The van der Waals surface area contributed by atoms with Gasteiger partial charge in [0.2, 0.25) is 5.78 Å². The van der Waals surface area contributed by atoms with Crippen LogP contribution in [-0.4, -0.2) is 11.5 Å². The van der Waals surface area contributed by atoms with E-state index in [0.717, 1.165) is 0 Å². The Kier molecular flexibility index (Phi) is 1.95. The van der Waals surface area contributed by atoms with Crippen molar-refractivity contribution in [1.82, 2.24) is 0 Å². The molecule has 0 fully saturated rings. The zero-order chi connectivity index (χ0) is 6.69. The molecule has 1 heterocycles. The lowest BCUT2D eigenvalue weighted by molar-refractivity contribution is 0.0992. The third-order valence-electron chi connectivity index (χ3n) is 0.927. The highest BCUT2D eigenvalue weighted by atomic mass is 32.1. The van der Waals surface area contributed by atoms with E-state index < -0.39 is 0 Å². The minimum Gasteiger partial charge on any atom is -0.461 e. The summed E-state index contributed by atoms with van der Waals surface area (Å²) in [4.78, 5) is 10.7. The molecule has 0 saturated carbocycles. The zero-order valence-corrected chi connectivity index (χ0v) is 5.48. The Bertz CT molecular complexity index is 191. The summed E-state index contributed by atoms with van der Waals surface area (Å²) in [6, 6.07) is 3.27. The SMILES string of the molecule is O=C(C[S])c1ccco1. The molecule has 0 bridgehead atoms. The standard InChI is InChI=1S/C6H5O2S/c7-5(4-9)6-2-1-3-8-6/h1-3H,4H2. The maximum absolute atomic E-state index is 10.7. The average Bonchev–Trinajstić information content (AvgIpc) is 2.37. The summed E-state index contributed by atoms with van der Waals surface area (Å²) in [5.74, 6) is 0.313. The summed E-state index contributed by atoms with van der Waals surface area (Å²) in [7, 11) is 0. The predicted molar refractivity (Wildman–Crippen MR) is 35.5 cm³/mol. The Morgan fingerprint density at radius 3 is 3.00 bits per heavy atom. The van der Waals surface area contributed by atoms with Crippen molar-refractivity contribution in [2.24, 2.45) is 0 Å². The lowest BCUT2D eigenvalue weighted by Crippen LogP contribution is -1.96. The van der Waals surface area contributed by atoms with Gasteiger partial charge in [-0.1, -0.05) is 12.6 Å². The van der Waals surface area contributed by atoms with Crippen molar-refractivity contribution >= 4 is 18.4 Å². The molecule has 2 nitrogen and oxygen atoms in total. The molecule has 1 aromatic heterocycles. The van der Waals surface area contributed by atoms with Gasteiger partial charge in [-0.25, -0.2) is 0 Å². The number of carbonyl (C=O) groups is 1. The van der Waals surface area contributed by atoms with Gasteiger partial charge in [-0.05, 0) is 12.1 Å². The number of hydrogen-bond acceptors (Lipinski definition) is 2. The van der Waals surface area contributed by atoms with Crippen LogP contribution in [0.3, 0.4) is 0 Å². The van der Waals surface area contributed by atoms with Gasteiger partial charge in [-0.3, -0.25) is 4.79 Å². The van der Waals surface area contributed by atoms with E-state index in [1.54, 1.807) is 12.1 Å². The second-order valence-corrected chi connectivity index (χ2v) is 1.83. The van der Waals surface area contributed by atoms with Crippen LogP contribution in [0.2, 0.25) is 0 Å². The normalized spacial score (nSPS) is 9.44. The largest absolute Gasteiger partial charge is 0.461 e. The molecule has 9 heavy (non-hydrogen) atoms. The molecular formula is C6H5O2S. The van der Waals surface area contributed by atoms with Crippen LogP contribution in [0.25, 0.3) is 0 Å². The number of hydrogen-bond donors (Lipinski definition) is 0. The van der Waals surface area contributed by atoms with Crippen molar-refractivity contribution in [3.05, 3.63) is 24.2 Å². The van der Waals surface area contributed by atoms with Gasteiger partial charge < -0.3 is 4.42 Å². The average molecular weight is 141 g/mol. The van der Waals surface area contributed by atoms with Crippen LogP contribution in [0.15, 0.2) is 22.8 Å². The van der Waals surface area contributed by atoms with Crippen molar-refractivity contribution < 1.29 is 9.21 Å². The van der Waals surface area contributed by atoms with Crippen LogP contribution in [0.1, 0.15) is 10.6 Å². The molecule has 0 saturated heterocycles. The summed E-state index contributed by atoms with van der Waals surface area (Å²) in [5, 5.41) is 0. The van der Waals surface area contributed by atoms with Crippen LogP contribution >= 0.6 is 12.6 Å². The third-order valence-corrected chi connectivity index (χ3v) is 1.19. The minimum absolute atomic E-state index is 0.0908. The van der Waals surface area contributed by atoms with E-state index in [1.165, 1.54) is 6.26 Å². The molecule has 0 atom stereocenters. The summed E-state index contributed by atoms with van der Waals surface area (Å²) >= 11 is 4.51. The third kappa shape index (κ3) is 1.36. The summed E-state index contributed by atoms with van der Waals surface area (Å²) in [6.45, 7) is 0. The van der Waals surface area contributed by atoms with E-state index in [1.807, 2.05) is 0 Å². The van der Waals surface area contributed by atoms with Crippen LogP contribution in [0, 0.1) is 0 Å². The molecule has 0 aliphatic heterocycles. The summed E-state index contributed by atoms with van der Waals surface area (Å²) in [6.07, 6.45) is 1.46. The molecule has 3 heteroatoms. The molecule has 0 amide bonds. The topological polar surface area (TPSA) is 30.2 Å². The summed E-state index contributed by atoms with van der Waals surface area (Å²) < 4.78 is 4.77. The molecule has 0 aliphatic carbocycles. The highest BCUT2D eigenvalue weighted by Crippen LogP contribution is 2.01. The fourth-order valence-corrected chi connectivity index (χ4v) is 0.651. The fraction of sp³-hybridized carbons (Fsp3) is 0.167. The maximum Gasteiger partial charge on any atom is 0.208 e. The van der Waals surface area contributed by atoms with Gasteiger partial charge in [0, 0.05) is 0 Å². The highest BCUT2D eigenvalue weighted by molar-refractivity contribution is 7.81. The first kappa shape index (κ1) is 6.42. The number of furan rings is 1. The first-order chi connectivity index (χ1) is 4.34. The Morgan fingerprint density at radius 1 is 1.78 bits per heavy atom. The van der Waals surface area contributed by atoms with Gasteiger partial charge in [0.1, 0.15) is 0 Å². The molecule has 0 aliphatic rings. The van der Waals surface area contributed by atoms with E-state index in [4.69, 9.17) is 4.42 Å². The fourth-order valence-electron chi connectivity index (χ4n) is 0.508. The predicted octanol–water partition coefficient (Wildman–Crippen LogP) is 1.66. The summed E-state index contributed by atoms with van der Waals surface area (Å²) in [5.41, 5.74) is 0. The lowest BCUT2D eigenvalue weighted by Gasteiger charge is -1.85. The molecule has 1 aromatic rings. The van der Waals surface area contributed by atoms with Gasteiger partial charge in [0.05, 0.1) is 12.0 Å². The first-order valence-electron chi connectivity index (χ1n) is 2.49. The van der Waals surface area contributed by atoms with Crippen molar-refractivity contribution in [2.45, 2.75) is 0 Å². The van der Waals surface area contributed by atoms with Crippen LogP contribution in [0.5, 0.6) is 0 Å². The lowest BCUT2D eigenvalue weighted by atomic mass is 10.3. The first-order valence-corrected chi connectivity index (χ1v) is 3.07. The van der Waals surface area contributed by atoms with Crippen LogP contribution in [-0.2, 0) is 0 Å². The number of Topliss-reactive ketones (excluding diaryl/α,β-unsaturated/α-hetero) is 1. The van der Waals surface area contributed by atoms with Gasteiger partial charge in [-0.15, -0.1) is 0 Å². The number of ketones is 1. The smallest absolute Gasteiger partial charge is 0.208 e. The Labute approximate surface area is 58.3 Å². The van der Waals surface area contributed by atoms with Crippen molar-refractivity contribution in [3.8, 4) is 0 Å². The van der Waals surface area contributed by atoms with E-state index in [2.05, 4.69) is 12.6 Å². The molecule has 47 valence electrons. The van der Waals surface area contributed by atoms with Crippen LogP contribution in [0.4, 0.5) is 0 Å². The Hall–Kier alpha value is -0.700. The van der Waals surface area contributed by atoms with E-state index in [-0.39, 0.29) is 11.5 Å². The minimum atomic E-state index is -0.130. The number of rotatable bonds is 2. The molecule has 0 N–H and O–H groups in total. The molecule has 1 rings (SSSR count). The quantitative estimate of drug-likeness (QED) is 0.586. The Morgan fingerprint density at radius 2 is 2.56 bits per heavy atom. The van der Waals surface area contributed by atoms with Gasteiger partial charge in [0.15, 0.2) is 5.76 Å². The molecule has 0 spiro atoms. The highest BCUT2D eigenvalue weighted by Gasteiger charge is 2.04. The van der Waals surface area contributed by atoms with Gasteiger partial charge >= 0.3 is 0 Å². The van der Waals surface area contributed by atoms with Gasteiger partial charge in [0.25, 0.3) is 0 Å². The van der Waals surface area contributed by atoms with Gasteiger partial charge in [-0.2, -0.15) is 0 Å². The zero-order valence-electron chi connectivity index (χ0n) is 4.66. The molecule has 1 radical (unpaired) electrons. The van der Waals surface area contributed by atoms with Crippen molar-refractivity contribution in [3.63, 3.8) is 0 Å². The molecular weight excluding hydrogens is 136 g/mol. The molecule has 0 unspecified atom stereocenters. The van der Waals surface area contributed by atoms with E-state index in [9.17, 15) is 4.79 Å². The van der Waals surface area contributed by atoms with Crippen molar-refractivity contribution in [1.29, 1.82) is 0 Å². The molecule has 0 aromatic carbocycles. The van der Waals surface area contributed by atoms with E-state index >= 15 is 0 Å². The van der Waals surface area contributed by atoms with Crippen LogP contribution < -0.4 is 0 Å². The van der Waals surface area contributed by atoms with Crippen molar-refractivity contribution in [2.75, 3.05) is 5.75 Å². The second kappa shape index (κ2) is 2.73. The Balaban J connectivity index is 2.77. The second-order valence-electron chi connectivity index (χ2n) is 1.54.